The number of amides is 2. The lowest BCUT2D eigenvalue weighted by Gasteiger charge is -2.22. The molecule has 0 aliphatic heterocycles. The number of aromatic nitrogens is 2. The number of carbonyl (C=O) groups excluding carboxylic acids is 2. The fourth-order valence-corrected chi connectivity index (χ4v) is 2.40. The molecule has 9 nitrogen and oxygen atoms in total. The molecule has 0 aliphatic rings. The summed E-state index contributed by atoms with van der Waals surface area (Å²) in [6, 6.07) is 6.40. The van der Waals surface area contributed by atoms with Crippen molar-refractivity contribution in [2.75, 3.05) is 5.32 Å². The van der Waals surface area contributed by atoms with Crippen molar-refractivity contribution in [2.45, 2.75) is 52.7 Å². The monoisotopic (exact) mass is 411 g/mol. The summed E-state index contributed by atoms with van der Waals surface area (Å²) in [6.07, 6.45) is 2.52. The third-order valence-corrected chi connectivity index (χ3v) is 3.82. The van der Waals surface area contributed by atoms with Gasteiger partial charge < -0.3 is 20.1 Å². The molecule has 0 unspecified atom stereocenters. The number of benzene rings is 1. The molecule has 0 saturated carbocycles. The van der Waals surface area contributed by atoms with Crippen LogP contribution in [0.5, 0.6) is 11.8 Å². The van der Waals surface area contributed by atoms with Crippen molar-refractivity contribution in [3.05, 3.63) is 41.7 Å². The summed E-state index contributed by atoms with van der Waals surface area (Å²) in [6.45, 7) is 8.82. The number of nitriles is 1. The maximum atomic E-state index is 12.4. The molecule has 0 spiro atoms. The van der Waals surface area contributed by atoms with Gasteiger partial charge in [0.2, 0.25) is 5.91 Å². The molecule has 2 rings (SSSR count). The molecule has 0 fully saturated rings. The Kier molecular flexibility index (Phi) is 7.31. The van der Waals surface area contributed by atoms with Crippen molar-refractivity contribution in [1.82, 2.24) is 15.3 Å². The molecule has 1 aromatic carbocycles. The van der Waals surface area contributed by atoms with Gasteiger partial charge >= 0.3 is 12.1 Å². The summed E-state index contributed by atoms with van der Waals surface area (Å²) in [5.41, 5.74) is 1.00. The number of anilines is 1. The van der Waals surface area contributed by atoms with Gasteiger partial charge in [-0.05, 0) is 57.9 Å². The van der Waals surface area contributed by atoms with Crippen LogP contribution in [-0.4, -0.2) is 33.6 Å². The van der Waals surface area contributed by atoms with Crippen LogP contribution >= 0.6 is 0 Å². The first-order valence-electron chi connectivity index (χ1n) is 9.42. The molecule has 0 saturated heterocycles. The lowest BCUT2D eigenvalue weighted by molar-refractivity contribution is -0.118. The third-order valence-electron chi connectivity index (χ3n) is 3.82. The summed E-state index contributed by atoms with van der Waals surface area (Å²) in [5.74, 6) is 0.113. The van der Waals surface area contributed by atoms with Crippen LogP contribution in [0.3, 0.4) is 0 Å². The molecular formula is C21H25N5O4. The van der Waals surface area contributed by atoms with E-state index in [1.54, 1.807) is 45.9 Å². The van der Waals surface area contributed by atoms with Crippen molar-refractivity contribution < 1.29 is 19.1 Å². The van der Waals surface area contributed by atoms with E-state index in [4.69, 9.17) is 14.7 Å². The zero-order chi connectivity index (χ0) is 22.3. The van der Waals surface area contributed by atoms with Crippen molar-refractivity contribution in [3.8, 4) is 17.8 Å². The van der Waals surface area contributed by atoms with E-state index in [-0.39, 0.29) is 6.01 Å². The van der Waals surface area contributed by atoms with Crippen LogP contribution in [0.4, 0.5) is 10.5 Å². The van der Waals surface area contributed by atoms with Crippen molar-refractivity contribution in [1.29, 1.82) is 5.26 Å². The van der Waals surface area contributed by atoms with Gasteiger partial charge in [-0.3, -0.25) is 4.79 Å². The van der Waals surface area contributed by atoms with Crippen LogP contribution in [0, 0.1) is 18.3 Å². The molecular weight excluding hydrogens is 386 g/mol. The highest BCUT2D eigenvalue weighted by atomic mass is 16.6. The van der Waals surface area contributed by atoms with E-state index >= 15 is 0 Å². The topological polar surface area (TPSA) is 126 Å². The Labute approximate surface area is 175 Å². The first-order chi connectivity index (χ1) is 14.1. The minimum Gasteiger partial charge on any atom is -0.444 e. The van der Waals surface area contributed by atoms with Crippen LogP contribution in [0.25, 0.3) is 0 Å². The molecule has 0 radical (unpaired) electrons. The first kappa shape index (κ1) is 22.6. The largest absolute Gasteiger partial charge is 0.444 e. The predicted octanol–water partition coefficient (Wildman–Crippen LogP) is 3.69. The Bertz CT molecular complexity index is 945. The summed E-state index contributed by atoms with van der Waals surface area (Å²) in [7, 11) is 0. The molecule has 1 heterocycles. The lowest BCUT2D eigenvalue weighted by Crippen LogP contribution is -2.45. The maximum absolute atomic E-state index is 12.4. The third kappa shape index (κ3) is 6.74. The number of carbonyl (C=O) groups is 2. The highest BCUT2D eigenvalue weighted by molar-refractivity contribution is 5.96. The van der Waals surface area contributed by atoms with Crippen LogP contribution in [0.15, 0.2) is 30.6 Å². The zero-order valence-electron chi connectivity index (χ0n) is 17.6. The van der Waals surface area contributed by atoms with E-state index < -0.39 is 23.6 Å². The van der Waals surface area contributed by atoms with Gasteiger partial charge in [-0.2, -0.15) is 5.26 Å². The zero-order valence-corrected chi connectivity index (χ0v) is 17.6. The maximum Gasteiger partial charge on any atom is 0.408 e. The Hall–Kier alpha value is -3.67. The molecule has 30 heavy (non-hydrogen) atoms. The summed E-state index contributed by atoms with van der Waals surface area (Å²) in [4.78, 5) is 32.5. The standard InChI is InChI=1S/C21H25N5O4/c1-6-16(26-20(28)30-21(3,4)5)18(27)25-15-11-23-19(24-12-15)29-17-8-7-14(10-22)9-13(17)2/h7-9,11-12,16H,6H2,1-5H3,(H,25,27)(H,26,28)/t16-/m1/s1. The van der Waals surface area contributed by atoms with E-state index in [0.717, 1.165) is 5.56 Å². The van der Waals surface area contributed by atoms with Crippen molar-refractivity contribution in [2.24, 2.45) is 0 Å². The minimum absolute atomic E-state index is 0.0970. The fourth-order valence-electron chi connectivity index (χ4n) is 2.40. The summed E-state index contributed by atoms with van der Waals surface area (Å²) >= 11 is 0. The average molecular weight is 411 g/mol. The van der Waals surface area contributed by atoms with Gasteiger partial charge in [0.05, 0.1) is 29.7 Å². The van der Waals surface area contributed by atoms with Crippen molar-refractivity contribution in [3.63, 3.8) is 0 Å². The van der Waals surface area contributed by atoms with E-state index in [1.807, 2.05) is 6.92 Å². The molecule has 2 aromatic rings. The number of hydrogen-bond donors (Lipinski definition) is 2. The first-order valence-corrected chi connectivity index (χ1v) is 9.42. The van der Waals surface area contributed by atoms with Gasteiger partial charge in [-0.1, -0.05) is 6.92 Å². The van der Waals surface area contributed by atoms with E-state index in [1.165, 1.54) is 12.4 Å². The number of nitrogens with zero attached hydrogens (tertiary/aromatic N) is 3. The van der Waals surface area contributed by atoms with E-state index in [2.05, 4.69) is 26.7 Å². The second-order valence-corrected chi connectivity index (χ2v) is 7.54. The Morgan fingerprint density at radius 1 is 1.23 bits per heavy atom. The number of rotatable bonds is 6. The number of ether oxygens (including phenoxy) is 2. The normalized spacial score (nSPS) is 11.7. The Morgan fingerprint density at radius 3 is 2.43 bits per heavy atom. The molecule has 0 aliphatic carbocycles. The lowest BCUT2D eigenvalue weighted by atomic mass is 10.1. The van der Waals surface area contributed by atoms with Gasteiger partial charge in [0.15, 0.2) is 0 Å². The summed E-state index contributed by atoms with van der Waals surface area (Å²) < 4.78 is 10.8. The van der Waals surface area contributed by atoms with Crippen LogP contribution in [0.2, 0.25) is 0 Å². The van der Waals surface area contributed by atoms with Gasteiger partial charge in [0.25, 0.3) is 0 Å². The smallest absolute Gasteiger partial charge is 0.408 e. The quantitative estimate of drug-likeness (QED) is 0.742. The van der Waals surface area contributed by atoms with Crippen molar-refractivity contribution >= 4 is 17.7 Å². The molecule has 9 heteroatoms. The van der Waals surface area contributed by atoms with Crippen LogP contribution < -0.4 is 15.4 Å². The Morgan fingerprint density at radius 2 is 1.90 bits per heavy atom. The molecule has 2 amide bonds. The van der Waals surface area contributed by atoms with Gasteiger partial charge in [0, 0.05) is 0 Å². The highest BCUT2D eigenvalue weighted by Crippen LogP contribution is 2.23. The second-order valence-electron chi connectivity index (χ2n) is 7.54. The summed E-state index contributed by atoms with van der Waals surface area (Å²) in [5, 5.41) is 14.1. The molecule has 158 valence electrons. The number of aryl methyl sites for hydroxylation is 1. The van der Waals surface area contributed by atoms with E-state index in [0.29, 0.717) is 23.4 Å². The number of nitrogens with one attached hydrogen (secondary N) is 2. The average Bonchev–Trinajstić information content (AvgIpc) is 2.67. The van der Waals surface area contributed by atoms with Gasteiger partial charge in [0.1, 0.15) is 17.4 Å². The minimum atomic E-state index is -0.767. The molecule has 1 atom stereocenters. The number of alkyl carbamates (subject to hydrolysis) is 1. The molecule has 2 N–H and O–H groups in total. The van der Waals surface area contributed by atoms with Gasteiger partial charge in [-0.25, -0.2) is 14.8 Å². The van der Waals surface area contributed by atoms with E-state index in [9.17, 15) is 9.59 Å². The van der Waals surface area contributed by atoms with Gasteiger partial charge in [-0.15, -0.1) is 0 Å². The molecule has 1 aromatic heterocycles. The SMILES string of the molecule is CC[C@@H](NC(=O)OC(C)(C)C)C(=O)Nc1cnc(Oc2ccc(C#N)cc2C)nc1. The fraction of sp³-hybridized carbons (Fsp3) is 0.381. The Balaban J connectivity index is 1.98. The van der Waals surface area contributed by atoms with Crippen LogP contribution in [0.1, 0.15) is 45.2 Å². The highest BCUT2D eigenvalue weighted by Gasteiger charge is 2.23. The second kappa shape index (κ2) is 9.69. The number of hydrogen-bond acceptors (Lipinski definition) is 7. The molecule has 0 bridgehead atoms. The van der Waals surface area contributed by atoms with Crippen LogP contribution in [-0.2, 0) is 9.53 Å². The predicted molar refractivity (Wildman–Crippen MR) is 110 cm³/mol.